The second-order valence-electron chi connectivity index (χ2n) is 6.54. The number of hydrogen-bond donors (Lipinski definition) is 0. The van der Waals surface area contributed by atoms with Crippen molar-refractivity contribution in [1.82, 2.24) is 0 Å². The summed E-state index contributed by atoms with van der Waals surface area (Å²) in [5.41, 5.74) is -0.330. The molecular formula is C14H26O4S. The van der Waals surface area contributed by atoms with Gasteiger partial charge in [-0.15, -0.1) is 0 Å². The fourth-order valence-electron chi connectivity index (χ4n) is 2.76. The molecule has 0 N–H and O–H groups in total. The Balaban J connectivity index is 2.53. The highest BCUT2D eigenvalue weighted by Gasteiger charge is 2.47. The average Bonchev–Trinajstić information content (AvgIpc) is 2.93. The molecule has 19 heavy (non-hydrogen) atoms. The van der Waals surface area contributed by atoms with E-state index in [1.165, 1.54) is 7.11 Å². The van der Waals surface area contributed by atoms with Crippen molar-refractivity contribution >= 4 is 15.8 Å². The molecule has 0 radical (unpaired) electrons. The van der Waals surface area contributed by atoms with Gasteiger partial charge in [-0.2, -0.15) is 0 Å². The summed E-state index contributed by atoms with van der Waals surface area (Å²) in [7, 11) is -1.74. The van der Waals surface area contributed by atoms with Crippen LogP contribution in [0.5, 0.6) is 0 Å². The molecule has 1 unspecified atom stereocenters. The lowest BCUT2D eigenvalue weighted by Gasteiger charge is -2.17. The van der Waals surface area contributed by atoms with E-state index >= 15 is 0 Å². The molecule has 0 spiro atoms. The average molecular weight is 290 g/mol. The van der Waals surface area contributed by atoms with Gasteiger partial charge in [-0.25, -0.2) is 8.42 Å². The third-order valence-electron chi connectivity index (χ3n) is 3.64. The van der Waals surface area contributed by atoms with E-state index in [2.05, 4.69) is 18.6 Å². The number of carbonyl (C=O) groups excluding carboxylic acids is 1. The van der Waals surface area contributed by atoms with Crippen LogP contribution in [0.1, 0.15) is 46.5 Å². The SMILES string of the molecule is COC(=O)CC1(CS(=O)(=O)CC(C)CC(C)C)CC1. The highest BCUT2D eigenvalue weighted by Crippen LogP contribution is 2.50. The predicted octanol–water partition coefficient (Wildman–Crippen LogP) is 2.43. The molecule has 0 aliphatic heterocycles. The number of hydrogen-bond acceptors (Lipinski definition) is 4. The van der Waals surface area contributed by atoms with E-state index in [1.807, 2.05) is 6.92 Å². The Labute approximate surface area is 116 Å². The summed E-state index contributed by atoms with van der Waals surface area (Å²) in [5, 5.41) is 0. The van der Waals surface area contributed by atoms with Gasteiger partial charge in [-0.3, -0.25) is 4.79 Å². The van der Waals surface area contributed by atoms with Crippen molar-refractivity contribution in [1.29, 1.82) is 0 Å². The van der Waals surface area contributed by atoms with Gasteiger partial charge in [0, 0.05) is 0 Å². The quantitative estimate of drug-likeness (QED) is 0.644. The van der Waals surface area contributed by atoms with E-state index in [4.69, 9.17) is 0 Å². The summed E-state index contributed by atoms with van der Waals surface area (Å²) in [5.74, 6) is 0.753. The minimum absolute atomic E-state index is 0.136. The Bertz CT molecular complexity index is 407. The van der Waals surface area contributed by atoms with Gasteiger partial charge < -0.3 is 4.74 Å². The van der Waals surface area contributed by atoms with Crippen LogP contribution in [0.4, 0.5) is 0 Å². The summed E-state index contributed by atoms with van der Waals surface area (Å²) in [6.45, 7) is 6.18. The van der Waals surface area contributed by atoms with Crippen molar-refractivity contribution < 1.29 is 17.9 Å². The number of ether oxygens (including phenoxy) is 1. The smallest absolute Gasteiger partial charge is 0.306 e. The molecule has 1 fully saturated rings. The van der Waals surface area contributed by atoms with Crippen molar-refractivity contribution in [2.24, 2.45) is 17.3 Å². The van der Waals surface area contributed by atoms with Crippen LogP contribution in [0.3, 0.4) is 0 Å². The zero-order valence-electron chi connectivity index (χ0n) is 12.4. The van der Waals surface area contributed by atoms with Gasteiger partial charge in [0.1, 0.15) is 0 Å². The predicted molar refractivity (Wildman–Crippen MR) is 75.6 cm³/mol. The fraction of sp³-hybridized carbons (Fsp3) is 0.929. The number of sulfone groups is 1. The fourth-order valence-corrected chi connectivity index (χ4v) is 5.20. The van der Waals surface area contributed by atoms with E-state index in [0.717, 1.165) is 19.3 Å². The summed E-state index contributed by atoms with van der Waals surface area (Å²) in [6.07, 6.45) is 2.80. The molecule has 1 atom stereocenters. The number of esters is 1. The van der Waals surface area contributed by atoms with E-state index in [1.54, 1.807) is 0 Å². The Kier molecular flexibility index (Phi) is 5.42. The molecule has 1 aliphatic carbocycles. The molecule has 5 heteroatoms. The van der Waals surface area contributed by atoms with Crippen molar-refractivity contribution in [2.75, 3.05) is 18.6 Å². The zero-order chi connectivity index (χ0) is 14.7. The van der Waals surface area contributed by atoms with Crippen molar-refractivity contribution in [3.8, 4) is 0 Å². The molecule has 0 bridgehead atoms. The lowest BCUT2D eigenvalue weighted by molar-refractivity contribution is -0.141. The maximum Gasteiger partial charge on any atom is 0.306 e. The van der Waals surface area contributed by atoms with Gasteiger partial charge in [0.05, 0.1) is 25.0 Å². The Hall–Kier alpha value is -0.580. The molecule has 0 saturated heterocycles. The topological polar surface area (TPSA) is 60.4 Å². The van der Waals surface area contributed by atoms with Gasteiger partial charge in [0.2, 0.25) is 0 Å². The molecule has 0 heterocycles. The standard InChI is InChI=1S/C14H26O4S/c1-11(2)7-12(3)9-19(16,17)10-14(5-6-14)8-13(15)18-4/h11-12H,5-10H2,1-4H3. The van der Waals surface area contributed by atoms with Crippen molar-refractivity contribution in [3.05, 3.63) is 0 Å². The minimum atomic E-state index is -3.08. The molecule has 0 aromatic rings. The van der Waals surface area contributed by atoms with Gasteiger partial charge >= 0.3 is 5.97 Å². The molecule has 0 aromatic carbocycles. The van der Waals surface area contributed by atoms with Crippen LogP contribution in [-0.4, -0.2) is 33.0 Å². The first-order valence-electron chi connectivity index (χ1n) is 6.95. The second kappa shape index (κ2) is 6.25. The van der Waals surface area contributed by atoms with Gasteiger partial charge in [0.15, 0.2) is 9.84 Å². The minimum Gasteiger partial charge on any atom is -0.469 e. The maximum atomic E-state index is 12.2. The highest BCUT2D eigenvalue weighted by atomic mass is 32.2. The van der Waals surface area contributed by atoms with Crippen LogP contribution in [0, 0.1) is 17.3 Å². The Morgan fingerprint density at radius 2 is 1.84 bits per heavy atom. The Morgan fingerprint density at radius 1 is 1.26 bits per heavy atom. The van der Waals surface area contributed by atoms with Gasteiger partial charge in [-0.1, -0.05) is 20.8 Å². The first kappa shape index (κ1) is 16.5. The summed E-state index contributed by atoms with van der Waals surface area (Å²) in [4.78, 5) is 11.3. The van der Waals surface area contributed by atoms with Crippen LogP contribution in [-0.2, 0) is 19.4 Å². The molecule has 1 aliphatic rings. The summed E-state index contributed by atoms with van der Waals surface area (Å²) < 4.78 is 29.0. The number of methoxy groups -OCH3 is 1. The third kappa shape index (κ3) is 5.93. The monoisotopic (exact) mass is 290 g/mol. The largest absolute Gasteiger partial charge is 0.469 e. The number of rotatable bonds is 8. The van der Waals surface area contributed by atoms with Crippen LogP contribution in [0.2, 0.25) is 0 Å². The van der Waals surface area contributed by atoms with Crippen LogP contribution in [0.25, 0.3) is 0 Å². The first-order valence-corrected chi connectivity index (χ1v) is 8.77. The van der Waals surface area contributed by atoms with E-state index in [0.29, 0.717) is 5.92 Å². The second-order valence-corrected chi connectivity index (χ2v) is 8.65. The summed E-state index contributed by atoms with van der Waals surface area (Å²) in [6, 6.07) is 0. The first-order chi connectivity index (χ1) is 8.68. The zero-order valence-corrected chi connectivity index (χ0v) is 13.3. The molecule has 4 nitrogen and oxygen atoms in total. The molecule has 1 rings (SSSR count). The molecule has 0 amide bonds. The maximum absolute atomic E-state index is 12.2. The van der Waals surface area contributed by atoms with Crippen LogP contribution >= 0.6 is 0 Å². The van der Waals surface area contributed by atoms with Gasteiger partial charge in [-0.05, 0) is 36.5 Å². The van der Waals surface area contributed by atoms with E-state index in [-0.39, 0.29) is 35.2 Å². The van der Waals surface area contributed by atoms with E-state index in [9.17, 15) is 13.2 Å². The third-order valence-corrected chi connectivity index (χ3v) is 5.77. The van der Waals surface area contributed by atoms with Crippen molar-refractivity contribution in [3.63, 3.8) is 0 Å². The highest BCUT2D eigenvalue weighted by molar-refractivity contribution is 7.91. The van der Waals surface area contributed by atoms with Gasteiger partial charge in [0.25, 0.3) is 0 Å². The molecular weight excluding hydrogens is 264 g/mol. The molecule has 112 valence electrons. The molecule has 0 aromatic heterocycles. The lowest BCUT2D eigenvalue weighted by atomic mass is 10.0. The molecule has 1 saturated carbocycles. The lowest BCUT2D eigenvalue weighted by Crippen LogP contribution is -2.25. The van der Waals surface area contributed by atoms with Crippen LogP contribution < -0.4 is 0 Å². The number of carbonyl (C=O) groups is 1. The Morgan fingerprint density at radius 3 is 2.26 bits per heavy atom. The normalized spacial score (nSPS) is 19.2. The summed E-state index contributed by atoms with van der Waals surface area (Å²) >= 11 is 0. The van der Waals surface area contributed by atoms with E-state index < -0.39 is 9.84 Å². The van der Waals surface area contributed by atoms with Crippen LogP contribution in [0.15, 0.2) is 0 Å². The van der Waals surface area contributed by atoms with Crippen molar-refractivity contribution in [2.45, 2.75) is 46.5 Å².